The zero-order chi connectivity index (χ0) is 45.0. The Bertz CT molecular complexity index is 2740. The monoisotopic (exact) mass is 1000 g/mol. The Morgan fingerprint density at radius 2 is 0.773 bits per heavy atom. The van der Waals surface area contributed by atoms with Crippen molar-refractivity contribution in [1.29, 1.82) is 0 Å². The summed E-state index contributed by atoms with van der Waals surface area (Å²) in [6, 6.07) is 58.2. The van der Waals surface area contributed by atoms with Gasteiger partial charge in [0, 0.05) is 0 Å². The number of halogens is 2. The average molecular weight is 1000 g/mol. The molecule has 66 heavy (non-hydrogen) atoms. The minimum Gasteiger partial charge on any atom is -1.00 e. The van der Waals surface area contributed by atoms with Crippen LogP contribution in [0.4, 0.5) is 11.4 Å². The van der Waals surface area contributed by atoms with E-state index in [9.17, 15) is 0 Å². The Hall–Kier alpha value is -4.53. The van der Waals surface area contributed by atoms with Crippen molar-refractivity contribution in [2.45, 2.75) is 130 Å². The normalized spacial score (nSPS) is 20.5. The van der Waals surface area contributed by atoms with Gasteiger partial charge in [-0.3, -0.25) is 0 Å². The molecule has 2 heterocycles. The van der Waals surface area contributed by atoms with Gasteiger partial charge < -0.3 is 24.8 Å². The van der Waals surface area contributed by atoms with Gasteiger partial charge in [0.15, 0.2) is 0 Å². The number of rotatable bonds is 9. The first-order valence-corrected chi connectivity index (χ1v) is 26.5. The molecule has 9 rings (SSSR count). The molecule has 344 valence electrons. The van der Waals surface area contributed by atoms with E-state index in [0.717, 1.165) is 38.5 Å². The van der Waals surface area contributed by atoms with E-state index in [-0.39, 0.29) is 46.7 Å². The van der Waals surface area contributed by atoms with Gasteiger partial charge in [0.1, 0.15) is 0 Å². The predicted octanol–water partition coefficient (Wildman–Crippen LogP) is 8.08. The summed E-state index contributed by atoms with van der Waals surface area (Å²) in [5, 5.41) is 0. The molecule has 0 aromatic heterocycles. The third-order valence-corrected chi connectivity index (χ3v) is 20.6. The quantitative estimate of drug-likeness (QED) is 0.135. The van der Waals surface area contributed by atoms with Crippen molar-refractivity contribution in [2.24, 2.45) is 0 Å². The number of benzene rings is 6. The van der Waals surface area contributed by atoms with Gasteiger partial charge in [-0.05, 0) is 0 Å². The van der Waals surface area contributed by atoms with Crippen molar-refractivity contribution in [2.75, 3.05) is 9.80 Å². The van der Waals surface area contributed by atoms with E-state index in [4.69, 9.17) is 0 Å². The van der Waals surface area contributed by atoms with Crippen molar-refractivity contribution >= 4 is 29.5 Å². The summed E-state index contributed by atoms with van der Waals surface area (Å²) >= 11 is -2.68. The van der Waals surface area contributed by atoms with Crippen molar-refractivity contribution in [3.05, 3.63) is 208 Å². The van der Waals surface area contributed by atoms with Gasteiger partial charge in [-0.2, -0.15) is 0 Å². The van der Waals surface area contributed by atoms with E-state index in [1.807, 2.05) is 0 Å². The SMILES string of the molecule is CCc1cccc(CC)c1N1[C](=[Ru+2](=[C]2C=C(c3ccccc3)c3ccccc32)=[C]2N(c3c(CC)cccc3CC)C(C)(C)CC2(C)c2ccccc2)C(C)(c2ccccc2)CC1(C)C.[Cl-].[Cl-]. The van der Waals surface area contributed by atoms with E-state index < -0.39 is 14.6 Å². The molecular formula is C61H68Cl2N2Ru. The molecule has 2 saturated heterocycles. The van der Waals surface area contributed by atoms with Crippen LogP contribution in [-0.4, -0.2) is 23.6 Å². The molecule has 0 amide bonds. The molecule has 0 N–H and O–H groups in total. The molecule has 6 aromatic rings. The Morgan fingerprint density at radius 3 is 1.15 bits per heavy atom. The molecule has 0 spiro atoms. The van der Waals surface area contributed by atoms with Crippen LogP contribution in [0.1, 0.15) is 132 Å². The summed E-state index contributed by atoms with van der Waals surface area (Å²) in [7, 11) is 0. The second-order valence-corrected chi connectivity index (χ2v) is 23.8. The maximum absolute atomic E-state index is 2.98. The second-order valence-electron chi connectivity index (χ2n) is 19.9. The van der Waals surface area contributed by atoms with Crippen LogP contribution in [0.5, 0.6) is 0 Å². The van der Waals surface area contributed by atoms with Crippen LogP contribution < -0.4 is 34.6 Å². The molecule has 1 aliphatic carbocycles. The fourth-order valence-electron chi connectivity index (χ4n) is 11.9. The van der Waals surface area contributed by atoms with Crippen molar-refractivity contribution in [1.82, 2.24) is 0 Å². The fraction of sp³-hybridized carbons (Fsp3) is 0.328. The van der Waals surface area contributed by atoms with Gasteiger partial charge in [0.05, 0.1) is 0 Å². The number of aryl methyl sites for hydroxylation is 4. The van der Waals surface area contributed by atoms with Gasteiger partial charge in [0.25, 0.3) is 0 Å². The van der Waals surface area contributed by atoms with Crippen LogP contribution in [0.25, 0.3) is 5.57 Å². The molecule has 5 heteroatoms. The zero-order valence-corrected chi connectivity index (χ0v) is 44.0. The van der Waals surface area contributed by atoms with Crippen molar-refractivity contribution in [3.63, 3.8) is 0 Å². The summed E-state index contributed by atoms with van der Waals surface area (Å²) in [6.07, 6.45) is 8.64. The average Bonchev–Trinajstić information content (AvgIpc) is 3.88. The molecule has 2 unspecified atom stereocenters. The molecule has 2 fully saturated rings. The smallest absolute Gasteiger partial charge is 1.00 e. The largest absolute Gasteiger partial charge is 1.00 e. The Labute approximate surface area is 413 Å². The zero-order valence-electron chi connectivity index (χ0n) is 40.8. The van der Waals surface area contributed by atoms with Crippen molar-refractivity contribution < 1.29 is 39.4 Å². The summed E-state index contributed by atoms with van der Waals surface area (Å²) in [5.74, 6) is 0. The Balaban J connectivity index is 0.00000324. The van der Waals surface area contributed by atoms with E-state index in [2.05, 4.69) is 237 Å². The minimum absolute atomic E-state index is 0. The number of fused-ring (bicyclic) bond motifs is 1. The molecule has 0 bridgehead atoms. The van der Waals surface area contributed by atoms with E-state index in [0.29, 0.717) is 0 Å². The summed E-state index contributed by atoms with van der Waals surface area (Å²) in [4.78, 5) is 5.96. The number of hydrogen-bond acceptors (Lipinski definition) is 2. The van der Waals surface area contributed by atoms with Crippen molar-refractivity contribution in [3.8, 4) is 0 Å². The number of anilines is 2. The first kappa shape index (κ1) is 49.4. The molecule has 2 aliphatic heterocycles. The van der Waals surface area contributed by atoms with Gasteiger partial charge >= 0.3 is 391 Å². The standard InChI is InChI=1S/2C23H29N.C15H10.2ClH.Ru/c2*1-6-18-12-11-13-19(7-2)21(18)24-17-23(5,16-22(24,3)4)20-14-9-8-10-15-20;1-2-6-12(7-3-1)15-11-10-13-8-4-5-9-14(13)15;;;/h2*8-15H,6-7,16H2,1-5H3;1-9,11H;2*1H;/q;;;;;+2/p-2. The number of para-hydroxylation sites is 2. The third kappa shape index (κ3) is 8.10. The molecule has 6 aromatic carbocycles. The molecule has 0 saturated carbocycles. The maximum atomic E-state index is 2.98. The van der Waals surface area contributed by atoms with E-state index in [1.165, 1.54) is 71.1 Å². The van der Waals surface area contributed by atoms with Gasteiger partial charge in [-0.25, -0.2) is 0 Å². The van der Waals surface area contributed by atoms with Crippen LogP contribution in [0.15, 0.2) is 158 Å². The summed E-state index contributed by atoms with van der Waals surface area (Å²) < 4.78 is 4.80. The van der Waals surface area contributed by atoms with Gasteiger partial charge in [-0.1, -0.05) is 0 Å². The summed E-state index contributed by atoms with van der Waals surface area (Å²) in [5.41, 5.74) is 15.9. The molecule has 2 atom stereocenters. The van der Waals surface area contributed by atoms with Crippen LogP contribution in [0.2, 0.25) is 0 Å². The summed E-state index contributed by atoms with van der Waals surface area (Å²) in [6.45, 7) is 24.9. The van der Waals surface area contributed by atoms with E-state index in [1.54, 1.807) is 8.46 Å². The van der Waals surface area contributed by atoms with Gasteiger partial charge in [0.2, 0.25) is 0 Å². The third-order valence-electron chi connectivity index (χ3n) is 14.6. The molecular weight excluding hydrogens is 933 g/mol. The number of allylic oxidation sites excluding steroid dienone is 1. The molecule has 3 aliphatic rings. The van der Waals surface area contributed by atoms with Crippen LogP contribution in [-0.2, 0) is 51.1 Å². The topological polar surface area (TPSA) is 6.48 Å². The Kier molecular flexibility index (Phi) is 14.4. The molecule has 0 radical (unpaired) electrons. The maximum Gasteiger partial charge on any atom is -1.00 e. The van der Waals surface area contributed by atoms with Gasteiger partial charge in [-0.15, -0.1) is 0 Å². The van der Waals surface area contributed by atoms with E-state index >= 15 is 0 Å². The minimum atomic E-state index is -2.68. The number of nitrogens with zero attached hydrogens (tertiary/aromatic N) is 2. The van der Waals surface area contributed by atoms with Crippen LogP contribution in [0, 0.1) is 0 Å². The number of hydrogen-bond donors (Lipinski definition) is 0. The second kappa shape index (κ2) is 19.2. The van der Waals surface area contributed by atoms with Crippen LogP contribution >= 0.6 is 0 Å². The first-order valence-electron chi connectivity index (χ1n) is 23.9. The fourth-order valence-corrected chi connectivity index (χ4v) is 19.5. The Morgan fingerprint density at radius 1 is 0.424 bits per heavy atom. The van der Waals surface area contributed by atoms with Crippen LogP contribution in [0.3, 0.4) is 0 Å². The predicted molar refractivity (Wildman–Crippen MR) is 274 cm³/mol. The molecule has 2 nitrogen and oxygen atoms in total. The first-order chi connectivity index (χ1) is 30.8.